The van der Waals surface area contributed by atoms with E-state index in [4.69, 9.17) is 0 Å². The van der Waals surface area contributed by atoms with Crippen LogP contribution in [0.1, 0.15) is 16.7 Å². The summed E-state index contributed by atoms with van der Waals surface area (Å²) in [6.07, 6.45) is 0.00103. The van der Waals surface area contributed by atoms with Gasteiger partial charge in [0.05, 0.1) is 11.3 Å². The van der Waals surface area contributed by atoms with E-state index in [2.05, 4.69) is 0 Å². The van der Waals surface area contributed by atoms with Crippen molar-refractivity contribution in [1.82, 2.24) is 0 Å². The number of carbonyl (C=O) groups excluding carboxylic acids is 1. The van der Waals surface area contributed by atoms with Gasteiger partial charge in [-0.15, -0.1) is 0 Å². The van der Waals surface area contributed by atoms with Crippen molar-refractivity contribution in [2.45, 2.75) is 20.3 Å². The Morgan fingerprint density at radius 3 is 2.55 bits per heavy atom. The van der Waals surface area contributed by atoms with Gasteiger partial charge in [0.1, 0.15) is 0 Å². The van der Waals surface area contributed by atoms with Gasteiger partial charge in [0.25, 0.3) is 5.69 Å². The highest BCUT2D eigenvalue weighted by Crippen LogP contribution is 2.23. The molecule has 0 saturated heterocycles. The maximum atomic E-state index is 12.5. The predicted molar refractivity (Wildman–Crippen MR) is 86.1 cm³/mol. The van der Waals surface area contributed by atoms with Crippen LogP contribution in [0.5, 0.6) is 0 Å². The molecule has 0 aliphatic heterocycles. The first-order chi connectivity index (χ1) is 10.4. The molecule has 2 rings (SSSR count). The molecule has 22 heavy (non-hydrogen) atoms. The van der Waals surface area contributed by atoms with Gasteiger partial charge in [0, 0.05) is 24.4 Å². The Kier molecular flexibility index (Phi) is 4.56. The van der Waals surface area contributed by atoms with Crippen molar-refractivity contribution in [2.75, 3.05) is 11.9 Å². The molecule has 0 saturated carbocycles. The largest absolute Gasteiger partial charge is 0.315 e. The summed E-state index contributed by atoms with van der Waals surface area (Å²) in [5.74, 6) is -0.178. The smallest absolute Gasteiger partial charge is 0.273 e. The Morgan fingerprint density at radius 2 is 1.86 bits per heavy atom. The van der Waals surface area contributed by atoms with Gasteiger partial charge in [0.2, 0.25) is 5.91 Å². The predicted octanol–water partition coefficient (Wildman–Crippen LogP) is 3.42. The van der Waals surface area contributed by atoms with Crippen LogP contribution in [0.15, 0.2) is 42.5 Å². The number of nitro groups is 1. The summed E-state index contributed by atoms with van der Waals surface area (Å²) in [4.78, 5) is 24.6. The minimum absolute atomic E-state index is 0.00103. The lowest BCUT2D eigenvalue weighted by molar-refractivity contribution is -0.385. The Bertz CT molecular complexity index is 726. The number of nitro benzene ring substituents is 1. The average Bonchev–Trinajstić information content (AvgIpc) is 2.49. The van der Waals surface area contributed by atoms with Crippen molar-refractivity contribution in [1.29, 1.82) is 0 Å². The third-order valence-corrected chi connectivity index (χ3v) is 3.63. The van der Waals surface area contributed by atoms with Crippen molar-refractivity contribution in [2.24, 2.45) is 0 Å². The maximum Gasteiger partial charge on any atom is 0.273 e. The number of para-hydroxylation sites is 1. The van der Waals surface area contributed by atoms with Crippen molar-refractivity contribution < 1.29 is 9.72 Å². The summed E-state index contributed by atoms with van der Waals surface area (Å²) in [5.41, 5.74) is 3.28. The Hall–Kier alpha value is -2.69. The molecular weight excluding hydrogens is 280 g/mol. The molecule has 0 aliphatic carbocycles. The molecule has 0 bridgehead atoms. The number of carbonyl (C=O) groups is 1. The molecule has 0 unspecified atom stereocenters. The molecule has 1 amide bonds. The number of anilines is 1. The second-order valence-corrected chi connectivity index (χ2v) is 5.31. The minimum Gasteiger partial charge on any atom is -0.315 e. The molecule has 2 aromatic rings. The summed E-state index contributed by atoms with van der Waals surface area (Å²) in [5, 5.41) is 11.0. The summed E-state index contributed by atoms with van der Waals surface area (Å²) in [6, 6.07) is 12.2. The van der Waals surface area contributed by atoms with Gasteiger partial charge in [-0.25, -0.2) is 0 Å². The van der Waals surface area contributed by atoms with Crippen LogP contribution in [0.2, 0.25) is 0 Å². The fraction of sp³-hybridized carbons (Fsp3) is 0.235. The maximum absolute atomic E-state index is 12.5. The lowest BCUT2D eigenvalue weighted by atomic mass is 10.1. The molecule has 0 spiro atoms. The Labute approximate surface area is 129 Å². The highest BCUT2D eigenvalue weighted by Gasteiger charge is 2.19. The summed E-state index contributed by atoms with van der Waals surface area (Å²) >= 11 is 0. The monoisotopic (exact) mass is 298 g/mol. The van der Waals surface area contributed by atoms with Crippen LogP contribution in [0, 0.1) is 24.0 Å². The fourth-order valence-electron chi connectivity index (χ4n) is 2.34. The molecule has 114 valence electrons. The first-order valence-electron chi connectivity index (χ1n) is 6.96. The van der Waals surface area contributed by atoms with Gasteiger partial charge in [0.15, 0.2) is 0 Å². The molecule has 0 atom stereocenters. The second-order valence-electron chi connectivity index (χ2n) is 5.31. The topological polar surface area (TPSA) is 63.5 Å². The van der Waals surface area contributed by atoms with Crippen LogP contribution in [0.3, 0.4) is 0 Å². The number of nitrogens with zero attached hydrogens (tertiary/aromatic N) is 2. The van der Waals surface area contributed by atoms with E-state index in [1.54, 1.807) is 30.1 Å². The average molecular weight is 298 g/mol. The highest BCUT2D eigenvalue weighted by molar-refractivity contribution is 5.95. The molecule has 5 nitrogen and oxygen atoms in total. The minimum atomic E-state index is -0.458. The number of hydrogen-bond acceptors (Lipinski definition) is 3. The Balaban J connectivity index is 2.26. The number of amides is 1. The highest BCUT2D eigenvalue weighted by atomic mass is 16.6. The van der Waals surface area contributed by atoms with Gasteiger partial charge in [-0.1, -0.05) is 30.3 Å². The first kappa shape index (κ1) is 15.7. The van der Waals surface area contributed by atoms with Crippen LogP contribution in [-0.2, 0) is 11.2 Å². The number of hydrogen-bond donors (Lipinski definition) is 0. The molecule has 0 aromatic heterocycles. The second kappa shape index (κ2) is 6.39. The standard InChI is InChI=1S/C17H18N2O3/c1-12-8-9-13(2)16(10-12)18(3)17(20)11-14-6-4-5-7-15(14)19(21)22/h4-10H,11H2,1-3H3. The zero-order valence-corrected chi connectivity index (χ0v) is 12.9. The summed E-state index contributed by atoms with van der Waals surface area (Å²) in [7, 11) is 1.69. The van der Waals surface area contributed by atoms with E-state index in [9.17, 15) is 14.9 Å². The van der Waals surface area contributed by atoms with Crippen LogP contribution in [0.25, 0.3) is 0 Å². The summed E-state index contributed by atoms with van der Waals surface area (Å²) < 4.78 is 0. The van der Waals surface area contributed by atoms with E-state index in [0.717, 1.165) is 16.8 Å². The third kappa shape index (κ3) is 3.31. The lowest BCUT2D eigenvalue weighted by Crippen LogP contribution is -2.28. The van der Waals surface area contributed by atoms with Crippen molar-refractivity contribution >= 4 is 17.3 Å². The van der Waals surface area contributed by atoms with Gasteiger partial charge in [-0.2, -0.15) is 0 Å². The van der Waals surface area contributed by atoms with Crippen molar-refractivity contribution in [3.63, 3.8) is 0 Å². The van der Waals surface area contributed by atoms with E-state index in [-0.39, 0.29) is 18.0 Å². The van der Waals surface area contributed by atoms with Gasteiger partial charge < -0.3 is 4.90 Å². The van der Waals surface area contributed by atoms with E-state index in [1.165, 1.54) is 6.07 Å². The van der Waals surface area contributed by atoms with Crippen molar-refractivity contribution in [3.8, 4) is 0 Å². The van der Waals surface area contributed by atoms with E-state index >= 15 is 0 Å². The number of likely N-dealkylation sites (N-methyl/N-ethyl adjacent to an activating group) is 1. The number of aryl methyl sites for hydroxylation is 2. The van der Waals surface area contributed by atoms with Gasteiger partial charge in [-0.05, 0) is 31.0 Å². The van der Waals surface area contributed by atoms with Crippen LogP contribution >= 0.6 is 0 Å². The molecule has 0 heterocycles. The molecule has 2 aromatic carbocycles. The van der Waals surface area contributed by atoms with Crippen LogP contribution < -0.4 is 4.90 Å². The molecule has 0 N–H and O–H groups in total. The van der Waals surface area contributed by atoms with Crippen molar-refractivity contribution in [3.05, 3.63) is 69.3 Å². The SMILES string of the molecule is Cc1ccc(C)c(N(C)C(=O)Cc2ccccc2[N+](=O)[O-])c1. The molecule has 0 radical (unpaired) electrons. The fourth-order valence-corrected chi connectivity index (χ4v) is 2.34. The molecular formula is C17H18N2O3. The number of benzene rings is 2. The molecule has 0 fully saturated rings. The third-order valence-electron chi connectivity index (χ3n) is 3.63. The van der Waals surface area contributed by atoms with E-state index in [0.29, 0.717) is 5.56 Å². The van der Waals surface area contributed by atoms with E-state index < -0.39 is 4.92 Å². The van der Waals surface area contributed by atoms with E-state index in [1.807, 2.05) is 32.0 Å². The lowest BCUT2D eigenvalue weighted by Gasteiger charge is -2.20. The zero-order chi connectivity index (χ0) is 16.3. The molecule has 5 heteroatoms. The zero-order valence-electron chi connectivity index (χ0n) is 12.9. The first-order valence-corrected chi connectivity index (χ1v) is 6.96. The number of rotatable bonds is 4. The van der Waals surface area contributed by atoms with Gasteiger partial charge >= 0.3 is 0 Å². The van der Waals surface area contributed by atoms with Gasteiger partial charge in [-0.3, -0.25) is 14.9 Å². The quantitative estimate of drug-likeness (QED) is 0.641. The van der Waals surface area contributed by atoms with Crippen LogP contribution in [-0.4, -0.2) is 17.9 Å². The van der Waals surface area contributed by atoms with Crippen LogP contribution in [0.4, 0.5) is 11.4 Å². The Morgan fingerprint density at radius 1 is 1.18 bits per heavy atom. The molecule has 0 aliphatic rings. The normalized spacial score (nSPS) is 10.3. The summed E-state index contributed by atoms with van der Waals surface area (Å²) in [6.45, 7) is 3.90.